The molecule has 1 saturated heterocycles. The van der Waals surface area contributed by atoms with Gasteiger partial charge in [0.05, 0.1) is 42.8 Å². The Kier molecular flexibility index (Phi) is 4.55. The van der Waals surface area contributed by atoms with E-state index in [9.17, 15) is 9.59 Å². The van der Waals surface area contributed by atoms with E-state index in [-0.39, 0.29) is 18.2 Å². The van der Waals surface area contributed by atoms with Crippen LogP contribution in [0.4, 0.5) is 5.69 Å². The van der Waals surface area contributed by atoms with Crippen LogP contribution in [0.3, 0.4) is 0 Å². The fraction of sp³-hybridized carbons (Fsp3) is 0.238. The molecule has 9 nitrogen and oxygen atoms in total. The maximum Gasteiger partial charge on any atom is 0.229 e. The summed E-state index contributed by atoms with van der Waals surface area (Å²) in [5.41, 5.74) is 2.34. The van der Waals surface area contributed by atoms with Crippen LogP contribution in [-0.4, -0.2) is 42.4 Å². The fourth-order valence-electron chi connectivity index (χ4n) is 3.68. The normalized spacial score (nSPS) is 16.5. The maximum absolute atomic E-state index is 12.6. The van der Waals surface area contributed by atoms with Crippen molar-refractivity contribution in [2.75, 3.05) is 11.9 Å². The Balaban J connectivity index is 1.19. The van der Waals surface area contributed by atoms with E-state index in [0.717, 1.165) is 11.3 Å². The highest BCUT2D eigenvalue weighted by Gasteiger charge is 2.34. The summed E-state index contributed by atoms with van der Waals surface area (Å²) in [6.07, 6.45) is 9.03. The van der Waals surface area contributed by atoms with Crippen molar-refractivity contribution < 1.29 is 14.0 Å². The van der Waals surface area contributed by atoms with Gasteiger partial charge in [0.2, 0.25) is 11.8 Å². The van der Waals surface area contributed by atoms with E-state index in [1.165, 1.54) is 0 Å². The number of imidazole rings is 1. The molecule has 4 aromatic heterocycles. The molecule has 1 unspecified atom stereocenters. The van der Waals surface area contributed by atoms with Gasteiger partial charge in [-0.05, 0) is 24.3 Å². The Morgan fingerprint density at radius 2 is 2.13 bits per heavy atom. The lowest BCUT2D eigenvalue weighted by atomic mass is 10.1. The minimum absolute atomic E-state index is 0.0471. The first-order chi connectivity index (χ1) is 14.6. The van der Waals surface area contributed by atoms with Crippen LogP contribution >= 0.6 is 0 Å². The van der Waals surface area contributed by atoms with Gasteiger partial charge in [-0.25, -0.2) is 4.98 Å². The Hall–Kier alpha value is -3.88. The first-order valence-corrected chi connectivity index (χ1v) is 9.70. The molecule has 0 aliphatic carbocycles. The second kappa shape index (κ2) is 7.51. The molecule has 1 N–H and O–H groups in total. The molecule has 9 heteroatoms. The van der Waals surface area contributed by atoms with E-state index in [0.29, 0.717) is 31.1 Å². The van der Waals surface area contributed by atoms with E-state index in [2.05, 4.69) is 15.4 Å². The molecule has 5 rings (SSSR count). The minimum Gasteiger partial charge on any atom is -0.467 e. The van der Waals surface area contributed by atoms with Crippen molar-refractivity contribution in [1.82, 2.24) is 24.1 Å². The smallest absolute Gasteiger partial charge is 0.229 e. The Morgan fingerprint density at radius 1 is 1.20 bits per heavy atom. The predicted molar refractivity (Wildman–Crippen MR) is 107 cm³/mol. The third-order valence-corrected chi connectivity index (χ3v) is 5.15. The second-order valence-electron chi connectivity index (χ2n) is 7.37. The summed E-state index contributed by atoms with van der Waals surface area (Å²) in [5.74, 6) is 0.0820. The van der Waals surface area contributed by atoms with Crippen molar-refractivity contribution in [2.24, 2.45) is 5.92 Å². The van der Waals surface area contributed by atoms with Gasteiger partial charge in [0.25, 0.3) is 0 Å². The van der Waals surface area contributed by atoms with Crippen LogP contribution in [0.2, 0.25) is 0 Å². The predicted octanol–water partition coefficient (Wildman–Crippen LogP) is 2.16. The maximum atomic E-state index is 12.6. The third-order valence-electron chi connectivity index (χ3n) is 5.15. The number of carbonyl (C=O) groups excluding carboxylic acids is 2. The monoisotopic (exact) mass is 404 g/mol. The molecule has 2 amide bonds. The van der Waals surface area contributed by atoms with Gasteiger partial charge < -0.3 is 19.0 Å². The standard InChI is InChI=1S/C21H20N6O3/c28-20-8-15(10-26(20)14-18-4-3-7-30-18)21(29)24-16-9-22-27(12-16)13-17-11-25-6-2-1-5-19(25)23-17/h1-7,9,11-12,15H,8,10,13-14H2,(H,24,29). The number of nitrogens with zero attached hydrogens (tertiary/aromatic N) is 5. The lowest BCUT2D eigenvalue weighted by Crippen LogP contribution is -2.27. The number of nitrogens with one attached hydrogen (secondary N) is 1. The molecule has 4 aromatic rings. The summed E-state index contributed by atoms with van der Waals surface area (Å²) >= 11 is 0. The van der Waals surface area contributed by atoms with Gasteiger partial charge >= 0.3 is 0 Å². The highest BCUT2D eigenvalue weighted by Crippen LogP contribution is 2.22. The molecule has 0 spiro atoms. The first kappa shape index (κ1) is 18.2. The average Bonchev–Trinajstić information content (AvgIpc) is 3.51. The van der Waals surface area contributed by atoms with Gasteiger partial charge in [-0.3, -0.25) is 14.3 Å². The Bertz CT molecular complexity index is 1160. The highest BCUT2D eigenvalue weighted by atomic mass is 16.3. The van der Waals surface area contributed by atoms with Gasteiger partial charge in [0.1, 0.15) is 11.4 Å². The lowest BCUT2D eigenvalue weighted by Gasteiger charge is -2.14. The summed E-state index contributed by atoms with van der Waals surface area (Å²) in [6.45, 7) is 1.25. The molecule has 0 saturated carbocycles. The Morgan fingerprint density at radius 3 is 2.97 bits per heavy atom. The molecule has 1 aliphatic heterocycles. The van der Waals surface area contributed by atoms with Crippen molar-refractivity contribution in [3.8, 4) is 0 Å². The summed E-state index contributed by atoms with van der Waals surface area (Å²) in [5, 5.41) is 7.17. The molecular formula is C21H20N6O3. The number of amides is 2. The van der Waals surface area contributed by atoms with Crippen molar-refractivity contribution in [3.63, 3.8) is 0 Å². The Labute approximate surface area is 171 Å². The van der Waals surface area contributed by atoms with Crippen LogP contribution in [0.15, 0.2) is 65.8 Å². The highest BCUT2D eigenvalue weighted by molar-refractivity contribution is 5.97. The van der Waals surface area contributed by atoms with Crippen LogP contribution in [0.25, 0.3) is 5.65 Å². The molecule has 0 bridgehead atoms. The number of likely N-dealkylation sites (tertiary alicyclic amines) is 1. The minimum atomic E-state index is -0.394. The lowest BCUT2D eigenvalue weighted by molar-refractivity contribution is -0.128. The number of fused-ring (bicyclic) bond motifs is 1. The van der Waals surface area contributed by atoms with Gasteiger partial charge in [-0.1, -0.05) is 6.07 Å². The molecular weight excluding hydrogens is 384 g/mol. The topological polar surface area (TPSA) is 97.7 Å². The number of aromatic nitrogens is 4. The summed E-state index contributed by atoms with van der Waals surface area (Å²) in [6, 6.07) is 9.43. The quantitative estimate of drug-likeness (QED) is 0.531. The largest absolute Gasteiger partial charge is 0.467 e. The summed E-state index contributed by atoms with van der Waals surface area (Å²) < 4.78 is 8.97. The van der Waals surface area contributed by atoms with E-state index in [4.69, 9.17) is 4.42 Å². The van der Waals surface area contributed by atoms with E-state index in [1.54, 1.807) is 34.3 Å². The molecule has 1 atom stereocenters. The molecule has 0 aromatic carbocycles. The van der Waals surface area contributed by atoms with E-state index in [1.807, 2.05) is 41.1 Å². The number of rotatable bonds is 6. The van der Waals surface area contributed by atoms with Gasteiger partial charge in [-0.2, -0.15) is 5.10 Å². The van der Waals surface area contributed by atoms with E-state index >= 15 is 0 Å². The summed E-state index contributed by atoms with van der Waals surface area (Å²) in [7, 11) is 0. The van der Waals surface area contributed by atoms with Crippen molar-refractivity contribution >= 4 is 23.1 Å². The molecule has 152 valence electrons. The van der Waals surface area contributed by atoms with Gasteiger partial charge in [-0.15, -0.1) is 0 Å². The number of anilines is 1. The number of furan rings is 1. The number of pyridine rings is 1. The van der Waals surface area contributed by atoms with Crippen LogP contribution in [0.1, 0.15) is 17.9 Å². The van der Waals surface area contributed by atoms with E-state index < -0.39 is 5.92 Å². The van der Waals surface area contributed by atoms with Crippen LogP contribution in [-0.2, 0) is 22.7 Å². The fourth-order valence-corrected chi connectivity index (χ4v) is 3.68. The van der Waals surface area contributed by atoms with Crippen LogP contribution in [0.5, 0.6) is 0 Å². The van der Waals surface area contributed by atoms with Crippen molar-refractivity contribution in [2.45, 2.75) is 19.5 Å². The molecule has 5 heterocycles. The zero-order valence-electron chi connectivity index (χ0n) is 16.1. The second-order valence-corrected chi connectivity index (χ2v) is 7.37. The van der Waals surface area contributed by atoms with Crippen LogP contribution < -0.4 is 5.32 Å². The molecule has 1 fully saturated rings. The third kappa shape index (κ3) is 3.69. The number of carbonyl (C=O) groups is 2. The van der Waals surface area contributed by atoms with Crippen molar-refractivity contribution in [3.05, 3.63) is 72.8 Å². The molecule has 1 aliphatic rings. The molecule has 0 radical (unpaired) electrons. The van der Waals surface area contributed by atoms with Gasteiger partial charge in [0.15, 0.2) is 0 Å². The average molecular weight is 404 g/mol. The SMILES string of the molecule is O=C(Nc1cnn(Cc2cn3ccccc3n2)c1)C1CC(=O)N(Cc2ccco2)C1. The van der Waals surface area contributed by atoms with Gasteiger partial charge in [0, 0.05) is 31.6 Å². The summed E-state index contributed by atoms with van der Waals surface area (Å²) in [4.78, 5) is 31.1. The first-order valence-electron chi connectivity index (χ1n) is 9.70. The number of hydrogen-bond acceptors (Lipinski definition) is 5. The zero-order chi connectivity index (χ0) is 20.5. The zero-order valence-corrected chi connectivity index (χ0v) is 16.1. The van der Waals surface area contributed by atoms with Crippen molar-refractivity contribution in [1.29, 1.82) is 0 Å². The van der Waals surface area contributed by atoms with Crippen LogP contribution in [0, 0.1) is 5.92 Å². The molecule has 30 heavy (non-hydrogen) atoms. The number of hydrogen-bond donors (Lipinski definition) is 1.